The molecular weight excluding hydrogens is 262 g/mol. The minimum Gasteiger partial charge on any atom is -0.316 e. The van der Waals surface area contributed by atoms with Crippen molar-refractivity contribution in [3.63, 3.8) is 0 Å². The first-order chi connectivity index (χ1) is 9.07. The Morgan fingerprint density at radius 1 is 1.47 bits per heavy atom. The molecule has 0 aromatic carbocycles. The SMILES string of the molecule is CC(NS(=O)(=O)CC1CCCNC1)c1ccncc1. The van der Waals surface area contributed by atoms with Crippen LogP contribution in [0.2, 0.25) is 0 Å². The van der Waals surface area contributed by atoms with E-state index in [-0.39, 0.29) is 17.7 Å². The van der Waals surface area contributed by atoms with Gasteiger partial charge in [-0.15, -0.1) is 0 Å². The summed E-state index contributed by atoms with van der Waals surface area (Å²) >= 11 is 0. The van der Waals surface area contributed by atoms with Crippen LogP contribution in [0.4, 0.5) is 0 Å². The lowest BCUT2D eigenvalue weighted by molar-refractivity contribution is 0.402. The Morgan fingerprint density at radius 3 is 2.84 bits per heavy atom. The molecule has 0 aliphatic carbocycles. The predicted molar refractivity (Wildman–Crippen MR) is 75.2 cm³/mol. The van der Waals surface area contributed by atoms with Crippen molar-refractivity contribution in [3.05, 3.63) is 30.1 Å². The molecule has 1 aliphatic heterocycles. The summed E-state index contributed by atoms with van der Waals surface area (Å²) in [6, 6.07) is 3.44. The summed E-state index contributed by atoms with van der Waals surface area (Å²) in [4.78, 5) is 3.93. The Balaban J connectivity index is 1.93. The van der Waals surface area contributed by atoms with Crippen molar-refractivity contribution in [1.29, 1.82) is 0 Å². The Labute approximate surface area is 114 Å². The van der Waals surface area contributed by atoms with Gasteiger partial charge in [0.1, 0.15) is 0 Å². The Kier molecular flexibility index (Phi) is 4.90. The van der Waals surface area contributed by atoms with Crippen LogP contribution in [-0.2, 0) is 10.0 Å². The molecule has 6 heteroatoms. The number of piperidine rings is 1. The molecule has 2 heterocycles. The first-order valence-electron chi connectivity index (χ1n) is 6.67. The van der Waals surface area contributed by atoms with Gasteiger partial charge in [-0.05, 0) is 56.5 Å². The molecular formula is C13H21N3O2S. The highest BCUT2D eigenvalue weighted by Crippen LogP contribution is 2.15. The van der Waals surface area contributed by atoms with Gasteiger partial charge < -0.3 is 5.32 Å². The van der Waals surface area contributed by atoms with Gasteiger partial charge in [-0.25, -0.2) is 13.1 Å². The van der Waals surface area contributed by atoms with Crippen molar-refractivity contribution < 1.29 is 8.42 Å². The van der Waals surface area contributed by atoms with Crippen molar-refractivity contribution in [2.75, 3.05) is 18.8 Å². The van der Waals surface area contributed by atoms with Gasteiger partial charge in [0.15, 0.2) is 0 Å². The van der Waals surface area contributed by atoms with E-state index < -0.39 is 10.0 Å². The zero-order valence-electron chi connectivity index (χ0n) is 11.2. The van der Waals surface area contributed by atoms with E-state index in [0.717, 1.165) is 31.5 Å². The summed E-state index contributed by atoms with van der Waals surface area (Å²) in [7, 11) is -3.24. The smallest absolute Gasteiger partial charge is 0.212 e. The third-order valence-corrected chi connectivity index (χ3v) is 5.04. The maximum atomic E-state index is 12.1. The van der Waals surface area contributed by atoms with E-state index in [4.69, 9.17) is 0 Å². The molecule has 0 saturated carbocycles. The third-order valence-electron chi connectivity index (χ3n) is 3.42. The zero-order valence-corrected chi connectivity index (χ0v) is 12.0. The molecule has 1 fully saturated rings. The lowest BCUT2D eigenvalue weighted by Gasteiger charge is -2.23. The molecule has 19 heavy (non-hydrogen) atoms. The van der Waals surface area contributed by atoms with Crippen LogP contribution in [0.15, 0.2) is 24.5 Å². The van der Waals surface area contributed by atoms with E-state index in [0.29, 0.717) is 0 Å². The number of hydrogen-bond donors (Lipinski definition) is 2. The van der Waals surface area contributed by atoms with Gasteiger partial charge >= 0.3 is 0 Å². The van der Waals surface area contributed by atoms with E-state index >= 15 is 0 Å². The van der Waals surface area contributed by atoms with Crippen molar-refractivity contribution in [2.24, 2.45) is 5.92 Å². The van der Waals surface area contributed by atoms with Crippen molar-refractivity contribution in [3.8, 4) is 0 Å². The molecule has 2 atom stereocenters. The van der Waals surface area contributed by atoms with Gasteiger partial charge in [0.05, 0.1) is 5.75 Å². The highest BCUT2D eigenvalue weighted by atomic mass is 32.2. The molecule has 1 aromatic heterocycles. The van der Waals surface area contributed by atoms with E-state index in [1.54, 1.807) is 12.4 Å². The number of nitrogens with zero attached hydrogens (tertiary/aromatic N) is 1. The molecule has 2 unspecified atom stereocenters. The fourth-order valence-electron chi connectivity index (χ4n) is 2.41. The lowest BCUT2D eigenvalue weighted by atomic mass is 10.0. The first kappa shape index (κ1) is 14.4. The van der Waals surface area contributed by atoms with Crippen LogP contribution in [0, 0.1) is 5.92 Å². The summed E-state index contributed by atoms with van der Waals surface area (Å²) in [6.07, 6.45) is 5.38. The monoisotopic (exact) mass is 283 g/mol. The molecule has 0 amide bonds. The summed E-state index contributed by atoms with van der Waals surface area (Å²) in [5.74, 6) is 0.422. The fraction of sp³-hybridized carbons (Fsp3) is 0.615. The number of aromatic nitrogens is 1. The fourth-order valence-corrected chi connectivity index (χ4v) is 4.09. The number of pyridine rings is 1. The van der Waals surface area contributed by atoms with Gasteiger partial charge in [0.2, 0.25) is 10.0 Å². The van der Waals surface area contributed by atoms with Gasteiger partial charge in [-0.1, -0.05) is 0 Å². The minimum absolute atomic E-state index is 0.204. The second-order valence-electron chi connectivity index (χ2n) is 5.11. The average molecular weight is 283 g/mol. The second kappa shape index (κ2) is 6.45. The topological polar surface area (TPSA) is 71.1 Å². The standard InChI is InChI=1S/C13H21N3O2S/c1-11(13-4-7-14-8-5-13)16-19(17,18)10-12-3-2-6-15-9-12/h4-5,7-8,11-12,15-16H,2-3,6,9-10H2,1H3. The van der Waals surface area contributed by atoms with Crippen LogP contribution in [-0.4, -0.2) is 32.2 Å². The zero-order chi connectivity index (χ0) is 13.7. The summed E-state index contributed by atoms with van der Waals surface area (Å²) in [5.41, 5.74) is 0.931. The van der Waals surface area contributed by atoms with Crippen molar-refractivity contribution in [1.82, 2.24) is 15.0 Å². The van der Waals surface area contributed by atoms with E-state index in [2.05, 4.69) is 15.0 Å². The quantitative estimate of drug-likeness (QED) is 0.848. The number of rotatable bonds is 5. The van der Waals surface area contributed by atoms with Crippen LogP contribution < -0.4 is 10.0 Å². The van der Waals surface area contributed by atoms with Crippen LogP contribution in [0.3, 0.4) is 0 Å². The number of hydrogen-bond acceptors (Lipinski definition) is 4. The van der Waals surface area contributed by atoms with E-state index in [9.17, 15) is 8.42 Å². The summed E-state index contributed by atoms with van der Waals surface area (Å²) in [6.45, 7) is 3.65. The van der Waals surface area contributed by atoms with Crippen molar-refractivity contribution >= 4 is 10.0 Å². The molecule has 1 aliphatic rings. The highest BCUT2D eigenvalue weighted by molar-refractivity contribution is 7.89. The maximum absolute atomic E-state index is 12.1. The summed E-state index contributed by atoms with van der Waals surface area (Å²) in [5, 5.41) is 3.24. The molecule has 0 spiro atoms. The molecule has 2 rings (SSSR count). The highest BCUT2D eigenvalue weighted by Gasteiger charge is 2.22. The van der Waals surface area contributed by atoms with E-state index in [1.165, 1.54) is 0 Å². The predicted octanol–water partition coefficient (Wildman–Crippen LogP) is 1.06. The largest absolute Gasteiger partial charge is 0.316 e. The first-order valence-corrected chi connectivity index (χ1v) is 8.33. The molecule has 106 valence electrons. The maximum Gasteiger partial charge on any atom is 0.212 e. The van der Waals surface area contributed by atoms with E-state index in [1.807, 2.05) is 19.1 Å². The van der Waals surface area contributed by atoms with Crippen LogP contribution in [0.5, 0.6) is 0 Å². The Bertz CT molecular complexity index is 484. The van der Waals surface area contributed by atoms with Gasteiger partial charge in [-0.2, -0.15) is 0 Å². The van der Waals surface area contributed by atoms with Gasteiger partial charge in [-0.3, -0.25) is 4.98 Å². The third kappa shape index (κ3) is 4.56. The molecule has 0 radical (unpaired) electrons. The van der Waals surface area contributed by atoms with Crippen LogP contribution in [0.25, 0.3) is 0 Å². The normalized spacial score (nSPS) is 22.1. The van der Waals surface area contributed by atoms with Crippen LogP contribution in [0.1, 0.15) is 31.4 Å². The Hall–Kier alpha value is -0.980. The van der Waals surface area contributed by atoms with Crippen LogP contribution >= 0.6 is 0 Å². The molecule has 1 aromatic rings. The molecule has 2 N–H and O–H groups in total. The number of nitrogens with one attached hydrogen (secondary N) is 2. The molecule has 5 nitrogen and oxygen atoms in total. The molecule has 1 saturated heterocycles. The summed E-state index contributed by atoms with van der Waals surface area (Å²) < 4.78 is 27.0. The average Bonchev–Trinajstić information content (AvgIpc) is 2.39. The Morgan fingerprint density at radius 2 is 2.21 bits per heavy atom. The minimum atomic E-state index is -3.24. The second-order valence-corrected chi connectivity index (χ2v) is 6.91. The van der Waals surface area contributed by atoms with Crippen molar-refractivity contribution in [2.45, 2.75) is 25.8 Å². The lowest BCUT2D eigenvalue weighted by Crippen LogP contribution is -2.38. The number of sulfonamides is 1. The van der Waals surface area contributed by atoms with Gasteiger partial charge in [0.25, 0.3) is 0 Å². The van der Waals surface area contributed by atoms with Gasteiger partial charge in [0, 0.05) is 18.4 Å². The molecule has 0 bridgehead atoms.